The second-order valence-electron chi connectivity index (χ2n) is 6.80. The van der Waals surface area contributed by atoms with Gasteiger partial charge in [-0.2, -0.15) is 0 Å². The van der Waals surface area contributed by atoms with Crippen LogP contribution in [0, 0.1) is 11.8 Å². The van der Waals surface area contributed by atoms with Crippen LogP contribution in [0.2, 0.25) is 0 Å². The summed E-state index contributed by atoms with van der Waals surface area (Å²) in [5, 5.41) is 0. The van der Waals surface area contributed by atoms with Crippen LogP contribution in [0.5, 0.6) is 0 Å². The molecule has 1 aromatic carbocycles. The van der Waals surface area contributed by atoms with Crippen molar-refractivity contribution in [1.82, 2.24) is 4.90 Å². The average molecular weight is 286 g/mol. The third kappa shape index (κ3) is 3.65. The number of ketones is 1. The molecule has 2 aliphatic rings. The van der Waals surface area contributed by atoms with Crippen molar-refractivity contribution in [3.63, 3.8) is 0 Å². The summed E-state index contributed by atoms with van der Waals surface area (Å²) in [6.45, 7) is 9.75. The molecule has 0 radical (unpaired) electrons. The zero-order chi connectivity index (χ0) is 14.8. The zero-order valence-electron chi connectivity index (χ0n) is 13.2. The largest absolute Gasteiger partial charge is 0.369 e. The predicted octanol–water partition coefficient (Wildman–Crippen LogP) is 3.06. The maximum absolute atomic E-state index is 12.0. The highest BCUT2D eigenvalue weighted by Crippen LogP contribution is 2.30. The topological polar surface area (TPSA) is 23.6 Å². The van der Waals surface area contributed by atoms with Gasteiger partial charge < -0.3 is 4.90 Å². The van der Waals surface area contributed by atoms with Crippen molar-refractivity contribution < 1.29 is 4.79 Å². The number of anilines is 1. The molecule has 3 heteroatoms. The first-order valence-corrected chi connectivity index (χ1v) is 8.25. The molecular formula is C18H26N2O. The van der Waals surface area contributed by atoms with Crippen molar-refractivity contribution in [2.45, 2.75) is 26.7 Å². The van der Waals surface area contributed by atoms with Crippen molar-refractivity contribution in [2.75, 3.05) is 37.6 Å². The fourth-order valence-corrected chi connectivity index (χ4v) is 3.02. The van der Waals surface area contributed by atoms with E-state index >= 15 is 0 Å². The molecule has 0 bridgehead atoms. The Kier molecular flexibility index (Phi) is 4.29. The van der Waals surface area contributed by atoms with Crippen molar-refractivity contribution in [3.8, 4) is 0 Å². The fraction of sp³-hybridized carbons (Fsp3) is 0.611. The molecular weight excluding hydrogens is 260 g/mol. The molecule has 0 amide bonds. The van der Waals surface area contributed by atoms with Crippen LogP contribution in [0.25, 0.3) is 0 Å². The van der Waals surface area contributed by atoms with Crippen LogP contribution in [0.3, 0.4) is 0 Å². The van der Waals surface area contributed by atoms with E-state index in [4.69, 9.17) is 0 Å². The van der Waals surface area contributed by atoms with Gasteiger partial charge in [0.25, 0.3) is 0 Å². The van der Waals surface area contributed by atoms with Crippen molar-refractivity contribution >= 4 is 11.5 Å². The molecule has 1 saturated carbocycles. The lowest BCUT2D eigenvalue weighted by Crippen LogP contribution is -2.47. The van der Waals surface area contributed by atoms with E-state index in [1.54, 1.807) is 0 Å². The monoisotopic (exact) mass is 286 g/mol. The molecule has 1 heterocycles. The molecule has 0 spiro atoms. The van der Waals surface area contributed by atoms with E-state index in [0.717, 1.165) is 24.6 Å². The third-order valence-corrected chi connectivity index (χ3v) is 4.63. The second-order valence-corrected chi connectivity index (χ2v) is 6.80. The number of hydrogen-bond acceptors (Lipinski definition) is 3. The molecule has 1 saturated heterocycles. The Bertz CT molecular complexity index is 482. The number of carbonyl (C=O) groups excluding carboxylic acids is 1. The molecule has 3 nitrogen and oxygen atoms in total. The molecule has 3 rings (SSSR count). The van der Waals surface area contributed by atoms with Gasteiger partial charge in [0, 0.05) is 49.9 Å². The molecule has 0 unspecified atom stereocenters. The van der Waals surface area contributed by atoms with E-state index in [-0.39, 0.29) is 11.7 Å². The van der Waals surface area contributed by atoms with Gasteiger partial charge in [0.1, 0.15) is 0 Å². The lowest BCUT2D eigenvalue weighted by molar-refractivity contribution is 0.0939. The summed E-state index contributed by atoms with van der Waals surface area (Å²) in [7, 11) is 0. The predicted molar refractivity (Wildman–Crippen MR) is 87.0 cm³/mol. The number of nitrogens with zero attached hydrogens (tertiary/aromatic N) is 2. The summed E-state index contributed by atoms with van der Waals surface area (Å²) in [5.41, 5.74) is 2.09. The van der Waals surface area contributed by atoms with E-state index in [1.807, 2.05) is 26.0 Å². The highest BCUT2D eigenvalue weighted by atomic mass is 16.1. The highest BCUT2D eigenvalue weighted by molar-refractivity contribution is 5.97. The number of piperazine rings is 1. The van der Waals surface area contributed by atoms with E-state index in [9.17, 15) is 4.79 Å². The van der Waals surface area contributed by atoms with Gasteiger partial charge in [0.15, 0.2) is 5.78 Å². The minimum absolute atomic E-state index is 0.0711. The Hall–Kier alpha value is -1.35. The fourth-order valence-electron chi connectivity index (χ4n) is 3.02. The first-order valence-electron chi connectivity index (χ1n) is 8.25. The van der Waals surface area contributed by atoms with Crippen LogP contribution >= 0.6 is 0 Å². The standard InChI is InChI=1S/C18H26N2O/c1-14(2)18(21)16-5-7-17(8-6-16)20-11-9-19(10-12-20)13-15-3-4-15/h5-8,14-15H,3-4,9-13H2,1-2H3. The lowest BCUT2D eigenvalue weighted by Gasteiger charge is -2.36. The van der Waals surface area contributed by atoms with E-state index < -0.39 is 0 Å². The van der Waals surface area contributed by atoms with Crippen LogP contribution in [-0.2, 0) is 0 Å². The summed E-state index contributed by atoms with van der Waals surface area (Å²) in [5.74, 6) is 1.29. The molecule has 2 fully saturated rings. The van der Waals surface area contributed by atoms with Crippen LogP contribution in [0.15, 0.2) is 24.3 Å². The third-order valence-electron chi connectivity index (χ3n) is 4.63. The van der Waals surface area contributed by atoms with Crippen molar-refractivity contribution in [2.24, 2.45) is 11.8 Å². The van der Waals surface area contributed by atoms with E-state index in [2.05, 4.69) is 21.9 Å². The SMILES string of the molecule is CC(C)C(=O)c1ccc(N2CCN(CC3CC3)CC2)cc1. The van der Waals surface area contributed by atoms with Gasteiger partial charge in [0.2, 0.25) is 0 Å². The Morgan fingerprint density at radius 1 is 1.10 bits per heavy atom. The smallest absolute Gasteiger partial charge is 0.165 e. The molecule has 0 N–H and O–H groups in total. The van der Waals surface area contributed by atoms with E-state index in [1.165, 1.54) is 38.2 Å². The maximum atomic E-state index is 12.0. The Morgan fingerprint density at radius 3 is 2.24 bits per heavy atom. The Balaban J connectivity index is 1.56. The lowest BCUT2D eigenvalue weighted by atomic mass is 10.0. The van der Waals surface area contributed by atoms with Crippen LogP contribution in [0.1, 0.15) is 37.0 Å². The van der Waals surface area contributed by atoms with Gasteiger partial charge in [-0.3, -0.25) is 9.69 Å². The van der Waals surface area contributed by atoms with Crippen LogP contribution in [0.4, 0.5) is 5.69 Å². The molecule has 0 aromatic heterocycles. The highest BCUT2D eigenvalue weighted by Gasteiger charge is 2.26. The normalized spacial score (nSPS) is 20.0. The van der Waals surface area contributed by atoms with Gasteiger partial charge in [-0.25, -0.2) is 0 Å². The summed E-state index contributed by atoms with van der Waals surface area (Å²) in [6, 6.07) is 8.17. The van der Waals surface area contributed by atoms with E-state index in [0.29, 0.717) is 0 Å². The molecule has 1 aromatic rings. The summed E-state index contributed by atoms with van der Waals surface area (Å²) in [6.07, 6.45) is 2.87. The molecule has 0 atom stereocenters. The zero-order valence-corrected chi connectivity index (χ0v) is 13.2. The van der Waals surface area contributed by atoms with Crippen molar-refractivity contribution in [3.05, 3.63) is 29.8 Å². The first kappa shape index (κ1) is 14.6. The minimum atomic E-state index is 0.0711. The second kappa shape index (κ2) is 6.18. The quantitative estimate of drug-likeness (QED) is 0.777. The number of hydrogen-bond donors (Lipinski definition) is 0. The molecule has 1 aliphatic carbocycles. The number of benzene rings is 1. The van der Waals surface area contributed by atoms with Gasteiger partial charge >= 0.3 is 0 Å². The molecule has 1 aliphatic heterocycles. The molecule has 114 valence electrons. The molecule has 21 heavy (non-hydrogen) atoms. The number of carbonyl (C=O) groups is 1. The first-order chi connectivity index (χ1) is 10.1. The number of Topliss-reactive ketones (excluding diaryl/α,β-unsaturated/α-hetero) is 1. The maximum Gasteiger partial charge on any atom is 0.165 e. The van der Waals surface area contributed by atoms with Gasteiger partial charge in [-0.1, -0.05) is 13.8 Å². The van der Waals surface area contributed by atoms with Crippen molar-refractivity contribution in [1.29, 1.82) is 0 Å². The van der Waals surface area contributed by atoms with Crippen LogP contribution < -0.4 is 4.90 Å². The number of rotatable bonds is 5. The summed E-state index contributed by atoms with van der Waals surface area (Å²) in [4.78, 5) is 17.0. The average Bonchev–Trinajstić information content (AvgIpc) is 3.31. The minimum Gasteiger partial charge on any atom is -0.369 e. The van der Waals surface area contributed by atoms with Crippen LogP contribution in [-0.4, -0.2) is 43.4 Å². The summed E-state index contributed by atoms with van der Waals surface area (Å²) >= 11 is 0. The summed E-state index contributed by atoms with van der Waals surface area (Å²) < 4.78 is 0. The van der Waals surface area contributed by atoms with Gasteiger partial charge in [-0.05, 0) is 43.0 Å². The Labute approximate surface area is 127 Å². The van der Waals surface area contributed by atoms with Gasteiger partial charge in [-0.15, -0.1) is 0 Å². The van der Waals surface area contributed by atoms with Gasteiger partial charge in [0.05, 0.1) is 0 Å². The Morgan fingerprint density at radius 2 is 1.71 bits per heavy atom.